The second-order valence-electron chi connectivity index (χ2n) is 6.42. The fourth-order valence-corrected chi connectivity index (χ4v) is 3.49. The smallest absolute Gasteiger partial charge is 0.0812 e. The van der Waals surface area contributed by atoms with Gasteiger partial charge < -0.3 is 10.4 Å². The maximum atomic E-state index is 10.8. The number of aryl methyl sites for hydroxylation is 1. The Hall–Kier alpha value is -1.37. The van der Waals surface area contributed by atoms with Crippen molar-refractivity contribution in [3.63, 3.8) is 0 Å². The van der Waals surface area contributed by atoms with Crippen LogP contribution >= 0.6 is 38.5 Å². The summed E-state index contributed by atoms with van der Waals surface area (Å²) in [6.45, 7) is 2.05. The van der Waals surface area contributed by atoms with Crippen LogP contribution in [0.4, 0.5) is 5.69 Å². The third-order valence-corrected chi connectivity index (χ3v) is 5.63. The molecule has 0 aliphatic heterocycles. The van der Waals surface area contributed by atoms with E-state index in [1.165, 1.54) is 9.13 Å². The molecule has 2 unspecified atom stereocenters. The lowest BCUT2D eigenvalue weighted by Crippen LogP contribution is -2.15. The standard InChI is InChI=1S/C22H21BrINO/c1-15-2-4-17(5-3-15)22(26)14-21(16-6-8-18(23)9-7-16)25-20-12-10-19(24)11-13-20/h2-13,21-22,25-26H,14H2,1H3. The summed E-state index contributed by atoms with van der Waals surface area (Å²) < 4.78 is 2.25. The number of aliphatic hydroxyl groups is 1. The molecule has 0 aromatic heterocycles. The van der Waals surface area contributed by atoms with E-state index < -0.39 is 6.10 Å². The Labute approximate surface area is 176 Å². The van der Waals surface area contributed by atoms with Gasteiger partial charge in [0.15, 0.2) is 0 Å². The molecule has 0 aliphatic carbocycles. The van der Waals surface area contributed by atoms with Gasteiger partial charge in [0.2, 0.25) is 0 Å². The van der Waals surface area contributed by atoms with Gasteiger partial charge in [-0.3, -0.25) is 0 Å². The maximum absolute atomic E-state index is 10.8. The van der Waals surface area contributed by atoms with Gasteiger partial charge in [-0.05, 0) is 77.0 Å². The molecule has 2 atom stereocenters. The number of nitrogens with one attached hydrogen (secondary N) is 1. The topological polar surface area (TPSA) is 32.3 Å². The van der Waals surface area contributed by atoms with E-state index in [1.54, 1.807) is 0 Å². The molecule has 0 aliphatic rings. The molecule has 134 valence electrons. The molecule has 3 aromatic rings. The minimum atomic E-state index is -0.527. The summed E-state index contributed by atoms with van der Waals surface area (Å²) in [7, 11) is 0. The molecule has 0 amide bonds. The van der Waals surface area contributed by atoms with E-state index in [0.717, 1.165) is 21.3 Å². The van der Waals surface area contributed by atoms with Crippen LogP contribution in [0, 0.1) is 10.5 Å². The number of benzene rings is 3. The number of halogens is 2. The number of rotatable bonds is 6. The number of aliphatic hydroxyl groups excluding tert-OH is 1. The van der Waals surface area contributed by atoms with E-state index in [1.807, 2.05) is 36.4 Å². The van der Waals surface area contributed by atoms with Gasteiger partial charge in [0.1, 0.15) is 0 Å². The first-order valence-corrected chi connectivity index (χ1v) is 10.4. The fourth-order valence-electron chi connectivity index (χ4n) is 2.87. The third kappa shape index (κ3) is 5.32. The average Bonchev–Trinajstić information content (AvgIpc) is 2.64. The summed E-state index contributed by atoms with van der Waals surface area (Å²) in [6.07, 6.45) is 0.0667. The van der Waals surface area contributed by atoms with Gasteiger partial charge in [-0.15, -0.1) is 0 Å². The van der Waals surface area contributed by atoms with Crippen molar-refractivity contribution in [2.75, 3.05) is 5.32 Å². The molecule has 2 nitrogen and oxygen atoms in total. The highest BCUT2D eigenvalue weighted by Gasteiger charge is 2.18. The molecule has 0 spiro atoms. The molecular weight excluding hydrogens is 501 g/mol. The van der Waals surface area contributed by atoms with Crippen LogP contribution < -0.4 is 5.32 Å². The van der Waals surface area contributed by atoms with Gasteiger partial charge in [0.05, 0.1) is 12.1 Å². The zero-order valence-corrected chi connectivity index (χ0v) is 18.2. The van der Waals surface area contributed by atoms with Crippen LogP contribution in [0.3, 0.4) is 0 Å². The molecule has 4 heteroatoms. The summed E-state index contributed by atoms with van der Waals surface area (Å²) in [4.78, 5) is 0. The Morgan fingerprint density at radius 3 is 2.08 bits per heavy atom. The quantitative estimate of drug-likeness (QED) is 0.356. The van der Waals surface area contributed by atoms with Gasteiger partial charge in [0, 0.05) is 20.2 Å². The van der Waals surface area contributed by atoms with Crippen LogP contribution in [0.5, 0.6) is 0 Å². The van der Waals surface area contributed by atoms with Crippen molar-refractivity contribution in [2.24, 2.45) is 0 Å². The Morgan fingerprint density at radius 2 is 1.46 bits per heavy atom. The largest absolute Gasteiger partial charge is 0.388 e. The third-order valence-electron chi connectivity index (χ3n) is 4.38. The highest BCUT2D eigenvalue weighted by molar-refractivity contribution is 14.1. The highest BCUT2D eigenvalue weighted by Crippen LogP contribution is 2.30. The van der Waals surface area contributed by atoms with Gasteiger partial charge in [-0.25, -0.2) is 0 Å². The predicted molar refractivity (Wildman–Crippen MR) is 120 cm³/mol. The normalized spacial score (nSPS) is 13.2. The molecular formula is C22H21BrINO. The van der Waals surface area contributed by atoms with E-state index in [0.29, 0.717) is 6.42 Å². The van der Waals surface area contributed by atoms with Gasteiger partial charge in [-0.2, -0.15) is 0 Å². The highest BCUT2D eigenvalue weighted by atomic mass is 127. The lowest BCUT2D eigenvalue weighted by atomic mass is 9.96. The average molecular weight is 522 g/mol. The molecule has 0 bridgehead atoms. The van der Waals surface area contributed by atoms with Gasteiger partial charge in [-0.1, -0.05) is 57.9 Å². The molecule has 26 heavy (non-hydrogen) atoms. The predicted octanol–water partition coefficient (Wildman–Crippen LogP) is 6.64. The van der Waals surface area contributed by atoms with E-state index in [9.17, 15) is 5.11 Å². The number of hydrogen-bond acceptors (Lipinski definition) is 2. The summed E-state index contributed by atoms with van der Waals surface area (Å²) in [5.74, 6) is 0. The van der Waals surface area contributed by atoms with Crippen LogP contribution in [-0.2, 0) is 0 Å². The van der Waals surface area contributed by atoms with E-state index in [-0.39, 0.29) is 6.04 Å². The minimum absolute atomic E-state index is 0.0134. The molecule has 0 heterocycles. The van der Waals surface area contributed by atoms with Crippen molar-refractivity contribution < 1.29 is 5.11 Å². The second-order valence-corrected chi connectivity index (χ2v) is 8.58. The zero-order valence-electron chi connectivity index (χ0n) is 14.5. The molecule has 0 radical (unpaired) electrons. The van der Waals surface area contributed by atoms with Crippen LogP contribution in [-0.4, -0.2) is 5.11 Å². The molecule has 3 rings (SSSR count). The van der Waals surface area contributed by atoms with Gasteiger partial charge in [0.25, 0.3) is 0 Å². The first kappa shape index (κ1) is 19.4. The molecule has 3 aromatic carbocycles. The van der Waals surface area contributed by atoms with E-state index in [2.05, 4.69) is 87.2 Å². The lowest BCUT2D eigenvalue weighted by Gasteiger charge is -2.24. The fraction of sp³-hybridized carbons (Fsp3) is 0.182. The Morgan fingerprint density at radius 1 is 0.885 bits per heavy atom. The van der Waals surface area contributed by atoms with E-state index >= 15 is 0 Å². The van der Waals surface area contributed by atoms with Crippen molar-refractivity contribution in [1.82, 2.24) is 0 Å². The van der Waals surface area contributed by atoms with Gasteiger partial charge >= 0.3 is 0 Å². The lowest BCUT2D eigenvalue weighted by molar-refractivity contribution is 0.160. The second kappa shape index (κ2) is 9.02. The van der Waals surface area contributed by atoms with Crippen molar-refractivity contribution in [3.8, 4) is 0 Å². The van der Waals surface area contributed by atoms with E-state index in [4.69, 9.17) is 0 Å². The Kier molecular flexibility index (Phi) is 6.73. The number of hydrogen-bond donors (Lipinski definition) is 2. The van der Waals surface area contributed by atoms with Crippen molar-refractivity contribution in [3.05, 3.63) is 97.5 Å². The zero-order chi connectivity index (χ0) is 18.5. The summed E-state index contributed by atoms with van der Waals surface area (Å²) in [5.41, 5.74) is 4.34. The van der Waals surface area contributed by atoms with Crippen molar-refractivity contribution in [1.29, 1.82) is 0 Å². The number of anilines is 1. The molecule has 0 saturated carbocycles. The summed E-state index contributed by atoms with van der Waals surface area (Å²) in [5, 5.41) is 14.3. The van der Waals surface area contributed by atoms with Crippen LogP contribution in [0.2, 0.25) is 0 Å². The Bertz CT molecular complexity index is 832. The Balaban J connectivity index is 1.83. The monoisotopic (exact) mass is 521 g/mol. The molecule has 0 fully saturated rings. The van der Waals surface area contributed by atoms with Crippen molar-refractivity contribution in [2.45, 2.75) is 25.5 Å². The minimum Gasteiger partial charge on any atom is -0.388 e. The summed E-state index contributed by atoms with van der Waals surface area (Å²) in [6, 6.07) is 24.7. The van der Waals surface area contributed by atoms with Crippen LogP contribution in [0.1, 0.15) is 35.3 Å². The maximum Gasteiger partial charge on any atom is 0.0812 e. The SMILES string of the molecule is Cc1ccc(C(O)CC(Nc2ccc(I)cc2)c2ccc(Br)cc2)cc1. The molecule has 2 N–H and O–H groups in total. The molecule has 0 saturated heterocycles. The first-order valence-electron chi connectivity index (χ1n) is 8.53. The van der Waals surface area contributed by atoms with Crippen LogP contribution in [0.15, 0.2) is 77.3 Å². The first-order chi connectivity index (χ1) is 12.5. The van der Waals surface area contributed by atoms with Crippen LogP contribution in [0.25, 0.3) is 0 Å². The summed E-state index contributed by atoms with van der Waals surface area (Å²) >= 11 is 5.80. The van der Waals surface area contributed by atoms with Crippen molar-refractivity contribution >= 4 is 44.2 Å².